The van der Waals surface area contributed by atoms with Gasteiger partial charge in [0.1, 0.15) is 0 Å². The molecule has 0 spiro atoms. The van der Waals surface area contributed by atoms with Crippen molar-refractivity contribution in [2.24, 2.45) is 16.6 Å². The van der Waals surface area contributed by atoms with Gasteiger partial charge in [-0.3, -0.25) is 4.99 Å². The highest BCUT2D eigenvalue weighted by Crippen LogP contribution is 2.33. The summed E-state index contributed by atoms with van der Waals surface area (Å²) in [7, 11) is 0. The van der Waals surface area contributed by atoms with Crippen molar-refractivity contribution in [3.05, 3.63) is 35.4 Å². The van der Waals surface area contributed by atoms with Gasteiger partial charge in [-0.25, -0.2) is 0 Å². The Bertz CT molecular complexity index is 434. The lowest BCUT2D eigenvalue weighted by molar-refractivity contribution is -0.138. The summed E-state index contributed by atoms with van der Waals surface area (Å²) in [6.45, 7) is -0.00197. The molecule has 0 heterocycles. The van der Waals surface area contributed by atoms with Gasteiger partial charge < -0.3 is 5.73 Å². The molecule has 92 valence electrons. The predicted molar refractivity (Wildman–Crippen MR) is 59.5 cm³/mol. The van der Waals surface area contributed by atoms with E-state index in [2.05, 4.69) is 4.99 Å². The average molecular weight is 242 g/mol. The number of hydrogen-bond donors (Lipinski definition) is 1. The number of hydrogen-bond acceptors (Lipinski definition) is 1. The smallest absolute Gasteiger partial charge is 0.387 e. The standard InChI is InChI=1S/C12H13F3N2/c13-12(14,15)10-4-2-1-3-9(10)7-17-11(16)8-5-6-8/h1-4,8H,5-7H2,(H2,16,17). The van der Waals surface area contributed by atoms with Crippen LogP contribution in [0.3, 0.4) is 0 Å². The van der Waals surface area contributed by atoms with Gasteiger partial charge in [-0.15, -0.1) is 0 Å². The molecule has 0 saturated heterocycles. The molecule has 2 N–H and O–H groups in total. The summed E-state index contributed by atoms with van der Waals surface area (Å²) in [5.74, 6) is 0.759. The van der Waals surface area contributed by atoms with Crippen LogP contribution >= 0.6 is 0 Å². The quantitative estimate of drug-likeness (QED) is 0.642. The third kappa shape index (κ3) is 2.99. The summed E-state index contributed by atoms with van der Waals surface area (Å²) in [6, 6.07) is 5.46. The van der Waals surface area contributed by atoms with Crippen LogP contribution < -0.4 is 5.73 Å². The SMILES string of the molecule is NC(=NCc1ccccc1C(F)(F)F)C1CC1. The Morgan fingerprint density at radius 2 is 1.94 bits per heavy atom. The molecule has 1 fully saturated rings. The molecule has 1 aromatic carbocycles. The molecule has 5 heteroatoms. The maximum atomic E-state index is 12.7. The van der Waals surface area contributed by atoms with E-state index in [9.17, 15) is 13.2 Å². The number of nitrogens with two attached hydrogens (primary N) is 1. The summed E-state index contributed by atoms with van der Waals surface area (Å²) >= 11 is 0. The molecule has 0 atom stereocenters. The minimum absolute atomic E-state index is 0.00197. The summed E-state index contributed by atoms with van der Waals surface area (Å²) in [5.41, 5.74) is 5.19. The Hall–Kier alpha value is -1.52. The number of rotatable bonds is 3. The zero-order chi connectivity index (χ0) is 12.5. The molecule has 0 amide bonds. The first-order chi connectivity index (χ1) is 7.98. The largest absolute Gasteiger partial charge is 0.416 e. The van der Waals surface area contributed by atoms with Gasteiger partial charge >= 0.3 is 6.18 Å². The van der Waals surface area contributed by atoms with Crippen molar-refractivity contribution in [1.82, 2.24) is 0 Å². The minimum atomic E-state index is -4.33. The van der Waals surface area contributed by atoms with Gasteiger partial charge in [-0.1, -0.05) is 18.2 Å². The molecule has 0 bridgehead atoms. The molecular formula is C12H13F3N2. The number of aliphatic imine (C=N–C) groups is 1. The van der Waals surface area contributed by atoms with Gasteiger partial charge in [-0.2, -0.15) is 13.2 Å². The first kappa shape index (κ1) is 12.0. The van der Waals surface area contributed by atoms with Gasteiger partial charge in [0, 0.05) is 5.92 Å². The van der Waals surface area contributed by atoms with Crippen LogP contribution in [0.5, 0.6) is 0 Å². The van der Waals surface area contributed by atoms with Crippen molar-refractivity contribution in [3.63, 3.8) is 0 Å². The molecule has 1 aliphatic carbocycles. The second-order valence-corrected chi connectivity index (χ2v) is 4.17. The monoisotopic (exact) mass is 242 g/mol. The Kier molecular flexibility index (Phi) is 3.09. The average Bonchev–Trinajstić information content (AvgIpc) is 3.08. The van der Waals surface area contributed by atoms with Crippen molar-refractivity contribution in [1.29, 1.82) is 0 Å². The fraction of sp³-hybridized carbons (Fsp3) is 0.417. The zero-order valence-corrected chi connectivity index (χ0v) is 9.17. The van der Waals surface area contributed by atoms with Gasteiger partial charge in [0.2, 0.25) is 0 Å². The Morgan fingerprint density at radius 3 is 2.53 bits per heavy atom. The number of alkyl halides is 3. The Balaban J connectivity index is 2.17. The minimum Gasteiger partial charge on any atom is -0.387 e. The van der Waals surface area contributed by atoms with Gasteiger partial charge in [-0.05, 0) is 24.5 Å². The molecular weight excluding hydrogens is 229 g/mol. The van der Waals surface area contributed by atoms with Crippen LogP contribution in [0.1, 0.15) is 24.0 Å². The summed E-state index contributed by atoms with van der Waals surface area (Å²) in [6.07, 6.45) is -2.34. The second-order valence-electron chi connectivity index (χ2n) is 4.17. The number of nitrogens with zero attached hydrogens (tertiary/aromatic N) is 1. The van der Waals surface area contributed by atoms with E-state index < -0.39 is 11.7 Å². The molecule has 2 rings (SSSR count). The molecule has 1 saturated carbocycles. The van der Waals surface area contributed by atoms with Crippen molar-refractivity contribution >= 4 is 5.84 Å². The summed E-state index contributed by atoms with van der Waals surface area (Å²) < 4.78 is 38.0. The van der Waals surface area contributed by atoms with Crippen LogP contribution in [0.2, 0.25) is 0 Å². The first-order valence-electron chi connectivity index (χ1n) is 5.43. The topological polar surface area (TPSA) is 38.4 Å². The van der Waals surface area contributed by atoms with Crippen LogP contribution in [-0.2, 0) is 12.7 Å². The van der Waals surface area contributed by atoms with E-state index in [1.165, 1.54) is 12.1 Å². The second kappa shape index (κ2) is 4.39. The summed E-state index contributed by atoms with van der Waals surface area (Å²) in [4.78, 5) is 4.03. The van der Waals surface area contributed by atoms with E-state index in [1.54, 1.807) is 6.07 Å². The third-order valence-electron chi connectivity index (χ3n) is 2.75. The highest BCUT2D eigenvalue weighted by atomic mass is 19.4. The van der Waals surface area contributed by atoms with Crippen LogP contribution in [0.15, 0.2) is 29.3 Å². The van der Waals surface area contributed by atoms with Crippen LogP contribution in [0.4, 0.5) is 13.2 Å². The molecule has 0 aliphatic heterocycles. The molecule has 0 radical (unpaired) electrons. The van der Waals surface area contributed by atoms with E-state index in [-0.39, 0.29) is 18.0 Å². The highest BCUT2D eigenvalue weighted by molar-refractivity contribution is 5.84. The molecule has 1 aliphatic rings. The third-order valence-corrected chi connectivity index (χ3v) is 2.75. The van der Waals surface area contributed by atoms with Gasteiger partial charge in [0.05, 0.1) is 17.9 Å². The maximum Gasteiger partial charge on any atom is 0.416 e. The van der Waals surface area contributed by atoms with E-state index in [1.807, 2.05) is 0 Å². The first-order valence-corrected chi connectivity index (χ1v) is 5.43. The number of amidine groups is 1. The molecule has 1 aromatic rings. The summed E-state index contributed by atoms with van der Waals surface area (Å²) in [5, 5.41) is 0. The van der Waals surface area contributed by atoms with E-state index >= 15 is 0 Å². The van der Waals surface area contributed by atoms with Crippen LogP contribution in [0.25, 0.3) is 0 Å². The lowest BCUT2D eigenvalue weighted by atomic mass is 10.1. The van der Waals surface area contributed by atoms with E-state index in [0.29, 0.717) is 5.84 Å². The normalized spacial score (nSPS) is 17.2. The van der Waals surface area contributed by atoms with E-state index in [0.717, 1.165) is 18.9 Å². The van der Waals surface area contributed by atoms with Crippen molar-refractivity contribution in [2.75, 3.05) is 0 Å². The van der Waals surface area contributed by atoms with Crippen LogP contribution in [0, 0.1) is 5.92 Å². The number of benzene rings is 1. The molecule has 2 nitrogen and oxygen atoms in total. The Labute approximate surface area is 97.3 Å². The van der Waals surface area contributed by atoms with Gasteiger partial charge in [0.15, 0.2) is 0 Å². The predicted octanol–water partition coefficient (Wildman–Crippen LogP) is 2.97. The van der Waals surface area contributed by atoms with Crippen molar-refractivity contribution < 1.29 is 13.2 Å². The van der Waals surface area contributed by atoms with Crippen molar-refractivity contribution in [2.45, 2.75) is 25.6 Å². The molecule has 0 aromatic heterocycles. The number of halogens is 3. The van der Waals surface area contributed by atoms with Crippen molar-refractivity contribution in [3.8, 4) is 0 Å². The lowest BCUT2D eigenvalue weighted by Crippen LogP contribution is -2.15. The van der Waals surface area contributed by atoms with E-state index in [4.69, 9.17) is 5.73 Å². The lowest BCUT2D eigenvalue weighted by Gasteiger charge is -2.11. The van der Waals surface area contributed by atoms with Crippen LogP contribution in [-0.4, -0.2) is 5.84 Å². The maximum absolute atomic E-state index is 12.7. The Morgan fingerprint density at radius 1 is 1.29 bits per heavy atom. The fourth-order valence-electron chi connectivity index (χ4n) is 1.62. The van der Waals surface area contributed by atoms with Gasteiger partial charge in [0.25, 0.3) is 0 Å². The fourth-order valence-corrected chi connectivity index (χ4v) is 1.62. The molecule has 17 heavy (non-hydrogen) atoms. The zero-order valence-electron chi connectivity index (χ0n) is 9.17. The highest BCUT2D eigenvalue weighted by Gasteiger charge is 2.33. The molecule has 0 unspecified atom stereocenters.